The first-order chi connectivity index (χ1) is 12.2. The van der Waals surface area contributed by atoms with E-state index in [0.29, 0.717) is 45.9 Å². The van der Waals surface area contributed by atoms with Crippen LogP contribution in [0.2, 0.25) is 0 Å². The molecule has 0 aromatic heterocycles. The predicted octanol–water partition coefficient (Wildman–Crippen LogP) is 1.40. The second-order valence-electron chi connectivity index (χ2n) is 6.14. The summed E-state index contributed by atoms with van der Waals surface area (Å²) in [6.07, 6.45) is 0.511. The molecule has 2 amide bonds. The van der Waals surface area contributed by atoms with Crippen molar-refractivity contribution in [3.05, 3.63) is 35.9 Å². The fourth-order valence-electron chi connectivity index (χ4n) is 3.05. The molecular formula is C18H24N4O3. The Morgan fingerprint density at radius 3 is 2.48 bits per heavy atom. The van der Waals surface area contributed by atoms with E-state index >= 15 is 0 Å². The van der Waals surface area contributed by atoms with E-state index in [2.05, 4.69) is 10.0 Å². The third-order valence-corrected chi connectivity index (χ3v) is 4.45. The maximum absolute atomic E-state index is 12.5. The highest BCUT2D eigenvalue weighted by atomic mass is 16.6. The maximum atomic E-state index is 12.5. The van der Waals surface area contributed by atoms with Crippen molar-refractivity contribution < 1.29 is 14.3 Å². The van der Waals surface area contributed by atoms with Gasteiger partial charge in [-0.3, -0.25) is 9.69 Å². The fourth-order valence-corrected chi connectivity index (χ4v) is 3.05. The number of carbonyl (C=O) groups excluding carboxylic acids is 2. The van der Waals surface area contributed by atoms with Gasteiger partial charge >= 0.3 is 6.09 Å². The first-order valence-corrected chi connectivity index (χ1v) is 8.74. The number of nitrogens with zero attached hydrogens (tertiary/aromatic N) is 4. The Bertz CT molecular complexity index is 639. The van der Waals surface area contributed by atoms with Crippen molar-refractivity contribution in [2.45, 2.75) is 13.3 Å². The summed E-state index contributed by atoms with van der Waals surface area (Å²) in [5.74, 6) is 0.00974. The number of amides is 2. The minimum atomic E-state index is -0.273. The van der Waals surface area contributed by atoms with Crippen LogP contribution in [-0.4, -0.2) is 78.4 Å². The van der Waals surface area contributed by atoms with Crippen molar-refractivity contribution in [1.82, 2.24) is 14.8 Å². The summed E-state index contributed by atoms with van der Waals surface area (Å²) < 4.78 is 5.01. The van der Waals surface area contributed by atoms with Crippen LogP contribution in [0.3, 0.4) is 0 Å². The van der Waals surface area contributed by atoms with Gasteiger partial charge in [0.1, 0.15) is 0 Å². The third-order valence-electron chi connectivity index (χ3n) is 4.45. The van der Waals surface area contributed by atoms with Crippen molar-refractivity contribution in [2.75, 3.05) is 45.9 Å². The van der Waals surface area contributed by atoms with Crippen molar-refractivity contribution >= 4 is 17.7 Å². The molecule has 0 spiro atoms. The van der Waals surface area contributed by atoms with Crippen molar-refractivity contribution in [3.8, 4) is 0 Å². The fraction of sp³-hybridized carbons (Fsp3) is 0.500. The first kappa shape index (κ1) is 17.4. The van der Waals surface area contributed by atoms with Crippen molar-refractivity contribution in [2.24, 2.45) is 5.10 Å². The monoisotopic (exact) mass is 344 g/mol. The number of ether oxygens (including phenoxy) is 1. The average Bonchev–Trinajstić information content (AvgIpc) is 3.13. The smallest absolute Gasteiger partial charge is 0.409 e. The van der Waals surface area contributed by atoms with Crippen LogP contribution >= 0.6 is 0 Å². The molecule has 1 aromatic carbocycles. The molecule has 2 aliphatic heterocycles. The zero-order valence-corrected chi connectivity index (χ0v) is 14.6. The third kappa shape index (κ3) is 4.36. The lowest BCUT2D eigenvalue weighted by Gasteiger charge is -2.33. The molecule has 1 fully saturated rings. The molecule has 2 heterocycles. The molecule has 0 saturated carbocycles. The molecule has 0 N–H and O–H groups in total. The molecular weight excluding hydrogens is 320 g/mol. The number of rotatable bonds is 4. The topological polar surface area (TPSA) is 65.5 Å². The molecule has 0 atom stereocenters. The lowest BCUT2D eigenvalue weighted by molar-refractivity contribution is -0.132. The molecule has 0 aliphatic carbocycles. The molecule has 0 bridgehead atoms. The van der Waals surface area contributed by atoms with Crippen LogP contribution in [0.25, 0.3) is 0 Å². The van der Waals surface area contributed by atoms with Gasteiger partial charge in [-0.15, -0.1) is 0 Å². The molecule has 1 aromatic rings. The number of hydrogen-bond donors (Lipinski definition) is 0. The van der Waals surface area contributed by atoms with Crippen molar-refractivity contribution in [1.29, 1.82) is 0 Å². The quantitative estimate of drug-likeness (QED) is 0.828. The average molecular weight is 344 g/mol. The second kappa shape index (κ2) is 8.11. The maximum Gasteiger partial charge on any atom is 0.409 e. The summed E-state index contributed by atoms with van der Waals surface area (Å²) in [6.45, 7) is 5.67. The van der Waals surface area contributed by atoms with Gasteiger partial charge in [0.15, 0.2) is 0 Å². The van der Waals surface area contributed by atoms with Gasteiger partial charge in [0.25, 0.3) is 5.91 Å². The van der Waals surface area contributed by atoms with Crippen LogP contribution < -0.4 is 0 Å². The SMILES string of the molecule is CCOC(=O)N1CCN(CC(=O)N2CCC(c3ccccc3)=N2)CC1. The number of piperazine rings is 1. The summed E-state index contributed by atoms with van der Waals surface area (Å²) in [7, 11) is 0. The Morgan fingerprint density at radius 1 is 1.08 bits per heavy atom. The normalized spacial score (nSPS) is 18.2. The molecule has 25 heavy (non-hydrogen) atoms. The molecule has 0 radical (unpaired) electrons. The molecule has 7 nitrogen and oxygen atoms in total. The summed E-state index contributed by atoms with van der Waals surface area (Å²) in [5.41, 5.74) is 2.03. The van der Waals surface area contributed by atoms with E-state index in [1.807, 2.05) is 30.3 Å². The van der Waals surface area contributed by atoms with Gasteiger partial charge in [-0.05, 0) is 12.5 Å². The van der Waals surface area contributed by atoms with Gasteiger partial charge in [-0.25, -0.2) is 9.80 Å². The number of carbonyl (C=O) groups is 2. The van der Waals surface area contributed by atoms with E-state index in [-0.39, 0.29) is 12.0 Å². The highest BCUT2D eigenvalue weighted by molar-refractivity contribution is 6.02. The molecule has 2 aliphatic rings. The van der Waals surface area contributed by atoms with Gasteiger partial charge in [0, 0.05) is 32.6 Å². The minimum Gasteiger partial charge on any atom is -0.450 e. The molecule has 7 heteroatoms. The number of benzene rings is 1. The van der Waals surface area contributed by atoms with Gasteiger partial charge < -0.3 is 9.64 Å². The Labute approximate surface area is 147 Å². The summed E-state index contributed by atoms with van der Waals surface area (Å²) in [6, 6.07) is 9.96. The Hall–Kier alpha value is -2.41. The minimum absolute atomic E-state index is 0.00974. The molecule has 134 valence electrons. The van der Waals surface area contributed by atoms with Crippen LogP contribution in [0.15, 0.2) is 35.4 Å². The molecule has 3 rings (SSSR count). The second-order valence-corrected chi connectivity index (χ2v) is 6.14. The first-order valence-electron chi connectivity index (χ1n) is 8.74. The van der Waals surface area contributed by atoms with Crippen LogP contribution in [0.5, 0.6) is 0 Å². The zero-order valence-electron chi connectivity index (χ0n) is 14.6. The highest BCUT2D eigenvalue weighted by Crippen LogP contribution is 2.14. The lowest BCUT2D eigenvalue weighted by atomic mass is 10.1. The molecule has 1 saturated heterocycles. The summed E-state index contributed by atoms with van der Waals surface area (Å²) in [4.78, 5) is 27.9. The van der Waals surface area contributed by atoms with Gasteiger partial charge in [0.2, 0.25) is 0 Å². The number of hydrogen-bond acceptors (Lipinski definition) is 5. The van der Waals surface area contributed by atoms with E-state index in [4.69, 9.17) is 4.74 Å². The predicted molar refractivity (Wildman–Crippen MR) is 94.3 cm³/mol. The van der Waals surface area contributed by atoms with Gasteiger partial charge in [0.05, 0.1) is 25.4 Å². The molecule has 0 unspecified atom stereocenters. The van der Waals surface area contributed by atoms with Crippen LogP contribution in [0.1, 0.15) is 18.9 Å². The van der Waals surface area contributed by atoms with Gasteiger partial charge in [-0.1, -0.05) is 30.3 Å². The van der Waals surface area contributed by atoms with Crippen LogP contribution in [0, 0.1) is 0 Å². The standard InChI is InChI=1S/C18H24N4O3/c1-2-25-18(24)21-12-10-20(11-13-21)14-17(23)22-9-8-16(19-22)15-6-4-3-5-7-15/h3-7H,2,8-14H2,1H3. The largest absolute Gasteiger partial charge is 0.450 e. The van der Waals surface area contributed by atoms with Crippen LogP contribution in [-0.2, 0) is 9.53 Å². The van der Waals surface area contributed by atoms with Gasteiger partial charge in [-0.2, -0.15) is 5.10 Å². The van der Waals surface area contributed by atoms with Crippen molar-refractivity contribution in [3.63, 3.8) is 0 Å². The van der Waals surface area contributed by atoms with E-state index in [0.717, 1.165) is 17.7 Å². The zero-order chi connectivity index (χ0) is 17.6. The lowest BCUT2D eigenvalue weighted by Crippen LogP contribution is -2.51. The van der Waals surface area contributed by atoms with E-state index in [1.54, 1.807) is 16.8 Å². The van der Waals surface area contributed by atoms with E-state index < -0.39 is 0 Å². The Kier molecular flexibility index (Phi) is 5.65. The summed E-state index contributed by atoms with van der Waals surface area (Å²) >= 11 is 0. The Morgan fingerprint density at radius 2 is 1.80 bits per heavy atom. The van der Waals surface area contributed by atoms with E-state index in [9.17, 15) is 9.59 Å². The number of hydrazone groups is 1. The van der Waals surface area contributed by atoms with Crippen LogP contribution in [0.4, 0.5) is 4.79 Å². The highest BCUT2D eigenvalue weighted by Gasteiger charge is 2.26. The van der Waals surface area contributed by atoms with E-state index in [1.165, 1.54) is 0 Å². The summed E-state index contributed by atoms with van der Waals surface area (Å²) in [5, 5.41) is 6.05. The Balaban J connectivity index is 1.49.